The van der Waals surface area contributed by atoms with Crippen LogP contribution in [0.4, 0.5) is 4.39 Å². The third-order valence-electron chi connectivity index (χ3n) is 2.45. The number of hydrogen-bond acceptors (Lipinski definition) is 3. The van der Waals surface area contributed by atoms with Crippen molar-refractivity contribution in [2.75, 3.05) is 0 Å². The van der Waals surface area contributed by atoms with Gasteiger partial charge < -0.3 is 5.11 Å². The van der Waals surface area contributed by atoms with Gasteiger partial charge in [-0.15, -0.1) is 0 Å². The van der Waals surface area contributed by atoms with E-state index >= 15 is 0 Å². The first-order valence-corrected chi connectivity index (χ1v) is 5.99. The predicted octanol–water partition coefficient (Wildman–Crippen LogP) is 2.14. The highest BCUT2D eigenvalue weighted by Gasteiger charge is 2.15. The van der Waals surface area contributed by atoms with Gasteiger partial charge in [-0.1, -0.05) is 0 Å². The van der Waals surface area contributed by atoms with E-state index in [0.29, 0.717) is 15.9 Å². The minimum atomic E-state index is -1.41. The highest BCUT2D eigenvalue weighted by Crippen LogP contribution is 2.22. The molecule has 0 saturated carbocycles. The van der Waals surface area contributed by atoms with Gasteiger partial charge in [-0.3, -0.25) is 4.79 Å². The molecule has 0 spiro atoms. The second-order valence-electron chi connectivity index (χ2n) is 3.81. The van der Waals surface area contributed by atoms with Gasteiger partial charge >= 0.3 is 5.97 Å². The lowest BCUT2D eigenvalue weighted by Gasteiger charge is -2.11. The van der Waals surface area contributed by atoms with Crippen LogP contribution < -0.4 is 5.43 Å². The number of carbonyl (C=O) groups is 1. The Morgan fingerprint density at radius 2 is 2.11 bits per heavy atom. The number of rotatable bonds is 2. The molecular formula is C12H8BrFN2O3. The molecule has 98 valence electrons. The van der Waals surface area contributed by atoms with Crippen LogP contribution in [0.1, 0.15) is 16.2 Å². The number of halogens is 2. The standard InChI is InChI=1S/C12H8BrFN2O3/c1-6-4-10(17)11(12(18)19)15-16(6)9-3-2-7(14)5-8(9)13/h2-5H,1H3,(H,18,19). The molecule has 0 aliphatic rings. The van der Waals surface area contributed by atoms with Crippen LogP contribution in [0.2, 0.25) is 0 Å². The van der Waals surface area contributed by atoms with E-state index in [1.807, 2.05) is 0 Å². The van der Waals surface area contributed by atoms with Crippen LogP contribution in [-0.4, -0.2) is 20.9 Å². The molecule has 0 amide bonds. The number of benzene rings is 1. The molecule has 0 bridgehead atoms. The van der Waals surface area contributed by atoms with Crippen molar-refractivity contribution in [1.82, 2.24) is 9.78 Å². The van der Waals surface area contributed by atoms with Crippen molar-refractivity contribution in [1.29, 1.82) is 0 Å². The van der Waals surface area contributed by atoms with E-state index in [4.69, 9.17) is 5.11 Å². The third kappa shape index (κ3) is 2.55. The summed E-state index contributed by atoms with van der Waals surface area (Å²) in [6, 6.07) is 5.07. The monoisotopic (exact) mass is 326 g/mol. The Morgan fingerprint density at radius 1 is 1.42 bits per heavy atom. The number of carboxylic acid groups (broad SMARTS) is 1. The summed E-state index contributed by atoms with van der Waals surface area (Å²) in [6.45, 7) is 1.61. The zero-order chi connectivity index (χ0) is 14.2. The van der Waals surface area contributed by atoms with E-state index < -0.39 is 22.9 Å². The molecule has 1 aromatic heterocycles. The fourth-order valence-corrected chi connectivity index (χ4v) is 2.11. The van der Waals surface area contributed by atoms with Crippen LogP contribution in [0.15, 0.2) is 33.5 Å². The lowest BCUT2D eigenvalue weighted by molar-refractivity contribution is 0.0686. The van der Waals surface area contributed by atoms with Crippen LogP contribution in [0.5, 0.6) is 0 Å². The number of aryl methyl sites for hydroxylation is 1. The summed E-state index contributed by atoms with van der Waals surface area (Å²) < 4.78 is 14.7. The van der Waals surface area contributed by atoms with E-state index in [2.05, 4.69) is 21.0 Å². The summed E-state index contributed by atoms with van der Waals surface area (Å²) in [5.74, 6) is -1.84. The second-order valence-corrected chi connectivity index (χ2v) is 4.67. The topological polar surface area (TPSA) is 72.2 Å². The third-order valence-corrected chi connectivity index (χ3v) is 3.08. The van der Waals surface area contributed by atoms with Crippen molar-refractivity contribution in [2.24, 2.45) is 0 Å². The normalized spacial score (nSPS) is 10.5. The van der Waals surface area contributed by atoms with Crippen molar-refractivity contribution < 1.29 is 14.3 Å². The Morgan fingerprint density at radius 3 is 2.68 bits per heavy atom. The highest BCUT2D eigenvalue weighted by atomic mass is 79.9. The van der Waals surface area contributed by atoms with Gasteiger partial charge in [0, 0.05) is 16.2 Å². The zero-order valence-electron chi connectivity index (χ0n) is 9.72. The van der Waals surface area contributed by atoms with Gasteiger partial charge in [0.15, 0.2) is 0 Å². The van der Waals surface area contributed by atoms with Crippen LogP contribution in [-0.2, 0) is 0 Å². The Kier molecular flexibility index (Phi) is 3.48. The maximum atomic E-state index is 13.0. The first-order chi connectivity index (χ1) is 8.90. The molecule has 5 nitrogen and oxygen atoms in total. The molecule has 0 unspecified atom stereocenters. The number of nitrogens with zero attached hydrogens (tertiary/aromatic N) is 2. The maximum Gasteiger partial charge on any atom is 0.360 e. The van der Waals surface area contributed by atoms with Crippen LogP contribution in [0.25, 0.3) is 5.69 Å². The molecule has 1 aromatic carbocycles. The summed E-state index contributed by atoms with van der Waals surface area (Å²) in [4.78, 5) is 22.4. The van der Waals surface area contributed by atoms with Crippen molar-refractivity contribution in [3.05, 3.63) is 56.2 Å². The quantitative estimate of drug-likeness (QED) is 0.917. The minimum absolute atomic E-state index is 0.406. The molecule has 0 aliphatic heterocycles. The van der Waals surface area contributed by atoms with E-state index in [-0.39, 0.29) is 0 Å². The Balaban J connectivity index is 2.71. The van der Waals surface area contributed by atoms with Crippen molar-refractivity contribution >= 4 is 21.9 Å². The van der Waals surface area contributed by atoms with Crippen LogP contribution in [0.3, 0.4) is 0 Å². The first-order valence-electron chi connectivity index (χ1n) is 5.20. The number of aromatic carboxylic acids is 1. The molecule has 1 N–H and O–H groups in total. The molecule has 0 atom stereocenters. The van der Waals surface area contributed by atoms with Crippen molar-refractivity contribution in [3.8, 4) is 5.69 Å². The maximum absolute atomic E-state index is 13.0. The Hall–Kier alpha value is -2.02. The molecule has 0 fully saturated rings. The molecule has 19 heavy (non-hydrogen) atoms. The van der Waals surface area contributed by atoms with Gasteiger partial charge in [0.05, 0.1) is 5.69 Å². The predicted molar refractivity (Wildman–Crippen MR) is 69.2 cm³/mol. The zero-order valence-corrected chi connectivity index (χ0v) is 11.3. The summed E-state index contributed by atoms with van der Waals surface area (Å²) in [6.07, 6.45) is 0. The molecular weight excluding hydrogens is 319 g/mol. The average molecular weight is 327 g/mol. The van der Waals surface area contributed by atoms with E-state index in [0.717, 1.165) is 0 Å². The van der Waals surface area contributed by atoms with Gasteiger partial charge in [-0.2, -0.15) is 5.10 Å². The molecule has 2 aromatic rings. The van der Waals surface area contributed by atoms with Crippen LogP contribution >= 0.6 is 15.9 Å². The average Bonchev–Trinajstić information content (AvgIpc) is 2.30. The van der Waals surface area contributed by atoms with Crippen LogP contribution in [0, 0.1) is 12.7 Å². The summed E-state index contributed by atoms with van der Waals surface area (Å²) >= 11 is 3.17. The van der Waals surface area contributed by atoms with E-state index in [1.54, 1.807) is 6.92 Å². The summed E-state index contributed by atoms with van der Waals surface area (Å²) in [5, 5.41) is 12.7. The van der Waals surface area contributed by atoms with E-state index in [1.165, 1.54) is 28.9 Å². The molecule has 0 saturated heterocycles. The van der Waals surface area contributed by atoms with Gasteiger partial charge in [0.25, 0.3) is 0 Å². The highest BCUT2D eigenvalue weighted by molar-refractivity contribution is 9.10. The summed E-state index contributed by atoms with van der Waals surface area (Å²) in [7, 11) is 0. The smallest absolute Gasteiger partial charge is 0.360 e. The second kappa shape index (κ2) is 4.93. The molecule has 7 heteroatoms. The van der Waals surface area contributed by atoms with E-state index in [9.17, 15) is 14.0 Å². The lowest BCUT2D eigenvalue weighted by Crippen LogP contribution is -2.22. The van der Waals surface area contributed by atoms with Gasteiger partial charge in [0.1, 0.15) is 5.82 Å². The molecule has 0 radical (unpaired) electrons. The molecule has 2 rings (SSSR count). The fraction of sp³-hybridized carbons (Fsp3) is 0.0833. The Bertz CT molecular complexity index is 727. The minimum Gasteiger partial charge on any atom is -0.476 e. The SMILES string of the molecule is Cc1cc(=O)c(C(=O)O)nn1-c1ccc(F)cc1Br. The van der Waals surface area contributed by atoms with Gasteiger partial charge in [0.2, 0.25) is 11.1 Å². The number of aromatic nitrogens is 2. The van der Waals surface area contributed by atoms with Crippen molar-refractivity contribution in [3.63, 3.8) is 0 Å². The molecule has 0 aliphatic carbocycles. The van der Waals surface area contributed by atoms with Crippen molar-refractivity contribution in [2.45, 2.75) is 6.92 Å². The summed E-state index contributed by atoms with van der Waals surface area (Å²) in [5.41, 5.74) is -0.356. The largest absolute Gasteiger partial charge is 0.476 e. The van der Waals surface area contributed by atoms with Gasteiger partial charge in [-0.25, -0.2) is 13.9 Å². The number of hydrogen-bond donors (Lipinski definition) is 1. The molecule has 1 heterocycles. The van der Waals surface area contributed by atoms with Gasteiger partial charge in [-0.05, 0) is 41.1 Å². The lowest BCUT2D eigenvalue weighted by atomic mass is 10.3. The Labute approximate surface area is 115 Å². The fourth-order valence-electron chi connectivity index (χ4n) is 1.59. The first kappa shape index (κ1) is 13.4. The number of carboxylic acids is 1.